The molecule has 9 heteroatoms. The van der Waals surface area contributed by atoms with E-state index in [1.54, 1.807) is 23.6 Å². The average Bonchev–Trinajstić information content (AvgIpc) is 2.84. The maximum atomic E-state index is 12.6. The summed E-state index contributed by atoms with van der Waals surface area (Å²) in [5.41, 5.74) is 1.70. The van der Waals surface area contributed by atoms with E-state index in [0.717, 1.165) is 4.47 Å². The highest BCUT2D eigenvalue weighted by molar-refractivity contribution is 9.10. The van der Waals surface area contributed by atoms with Crippen molar-refractivity contribution in [3.05, 3.63) is 67.5 Å². The number of nitrogens with zero attached hydrogens (tertiary/aromatic N) is 3. The van der Waals surface area contributed by atoms with Crippen LogP contribution in [0, 0.1) is 17.0 Å². The van der Waals surface area contributed by atoms with Crippen molar-refractivity contribution in [2.75, 3.05) is 5.32 Å². The molecule has 3 aromatic rings. The lowest BCUT2D eigenvalue weighted by atomic mass is 10.2. The molecule has 0 saturated carbocycles. The number of non-ortho nitro benzene ring substituents is 1. The molecule has 0 bridgehead atoms. The van der Waals surface area contributed by atoms with E-state index >= 15 is 0 Å². The van der Waals surface area contributed by atoms with Gasteiger partial charge in [0.1, 0.15) is 11.3 Å². The third kappa shape index (κ3) is 2.98. The SMILES string of the molecule is Cc1nc2ccc(Br)cn2c1C(=O)Nc1ccc([N+](=O)[O-])cc1Cl. The number of anilines is 1. The molecule has 0 saturated heterocycles. The summed E-state index contributed by atoms with van der Waals surface area (Å²) in [6.07, 6.45) is 1.74. The predicted octanol–water partition coefficient (Wildman–Crippen LogP) is 4.22. The Morgan fingerprint density at radius 3 is 2.79 bits per heavy atom. The van der Waals surface area contributed by atoms with Gasteiger partial charge in [0.25, 0.3) is 11.6 Å². The second-order valence-corrected chi connectivity index (χ2v) is 6.32. The lowest BCUT2D eigenvalue weighted by Crippen LogP contribution is -2.16. The fourth-order valence-corrected chi connectivity index (χ4v) is 2.87. The van der Waals surface area contributed by atoms with Gasteiger partial charge in [0.15, 0.2) is 0 Å². The number of halogens is 2. The molecular formula is C15H10BrClN4O3. The summed E-state index contributed by atoms with van der Waals surface area (Å²) in [4.78, 5) is 27.1. The third-order valence-electron chi connectivity index (χ3n) is 3.38. The Balaban J connectivity index is 1.97. The zero-order valence-electron chi connectivity index (χ0n) is 12.3. The van der Waals surface area contributed by atoms with Crippen LogP contribution in [0.25, 0.3) is 5.65 Å². The van der Waals surface area contributed by atoms with Crippen molar-refractivity contribution in [2.24, 2.45) is 0 Å². The van der Waals surface area contributed by atoms with Gasteiger partial charge in [0, 0.05) is 22.8 Å². The second-order valence-electron chi connectivity index (χ2n) is 5.00. The third-order valence-corrected chi connectivity index (χ3v) is 4.17. The van der Waals surface area contributed by atoms with E-state index in [4.69, 9.17) is 11.6 Å². The summed E-state index contributed by atoms with van der Waals surface area (Å²) in [6.45, 7) is 1.73. The van der Waals surface area contributed by atoms with Crippen LogP contribution in [0.3, 0.4) is 0 Å². The van der Waals surface area contributed by atoms with E-state index in [0.29, 0.717) is 17.0 Å². The molecule has 0 spiro atoms. The summed E-state index contributed by atoms with van der Waals surface area (Å²) >= 11 is 9.37. The number of imidazole rings is 1. The van der Waals surface area contributed by atoms with E-state index in [1.165, 1.54) is 18.2 Å². The molecule has 3 rings (SSSR count). The van der Waals surface area contributed by atoms with Gasteiger partial charge < -0.3 is 5.32 Å². The van der Waals surface area contributed by atoms with E-state index in [2.05, 4.69) is 26.2 Å². The number of benzene rings is 1. The fourth-order valence-electron chi connectivity index (χ4n) is 2.31. The first-order valence-electron chi connectivity index (χ1n) is 6.76. The standard InChI is InChI=1S/C15H10BrClN4O3/c1-8-14(20-7-9(16)2-5-13(20)18-8)15(22)19-12-4-3-10(21(23)24)6-11(12)17/h2-7H,1H3,(H,19,22). The monoisotopic (exact) mass is 408 g/mol. The van der Waals surface area contributed by atoms with Gasteiger partial charge in [-0.15, -0.1) is 0 Å². The molecule has 0 aliphatic heterocycles. The Bertz CT molecular complexity index is 986. The van der Waals surface area contributed by atoms with Gasteiger partial charge in [-0.05, 0) is 41.1 Å². The Morgan fingerprint density at radius 2 is 2.12 bits per heavy atom. The van der Waals surface area contributed by atoms with Gasteiger partial charge in [-0.1, -0.05) is 11.6 Å². The van der Waals surface area contributed by atoms with Gasteiger partial charge in [0.2, 0.25) is 0 Å². The number of hydrogen-bond donors (Lipinski definition) is 1. The van der Waals surface area contributed by atoms with Crippen LogP contribution < -0.4 is 5.32 Å². The number of nitro groups is 1. The van der Waals surface area contributed by atoms with Gasteiger partial charge >= 0.3 is 0 Å². The van der Waals surface area contributed by atoms with Crippen LogP contribution in [0.2, 0.25) is 5.02 Å². The number of rotatable bonds is 3. The van der Waals surface area contributed by atoms with Crippen LogP contribution in [0.15, 0.2) is 41.0 Å². The summed E-state index contributed by atoms with van der Waals surface area (Å²) in [5, 5.41) is 13.5. The summed E-state index contributed by atoms with van der Waals surface area (Å²) in [6, 6.07) is 7.48. The highest BCUT2D eigenvalue weighted by atomic mass is 79.9. The van der Waals surface area contributed by atoms with Crippen molar-refractivity contribution in [1.29, 1.82) is 0 Å². The molecule has 1 amide bonds. The number of aryl methyl sites for hydroxylation is 1. The Kier molecular flexibility index (Phi) is 4.25. The summed E-state index contributed by atoms with van der Waals surface area (Å²) in [5.74, 6) is -0.408. The van der Waals surface area contributed by atoms with E-state index < -0.39 is 10.8 Å². The quantitative estimate of drug-likeness (QED) is 0.518. The molecule has 0 aliphatic carbocycles. The zero-order valence-corrected chi connectivity index (χ0v) is 14.6. The molecule has 1 aromatic carbocycles. The maximum Gasteiger partial charge on any atom is 0.274 e. The number of pyridine rings is 1. The summed E-state index contributed by atoms with van der Waals surface area (Å²) in [7, 11) is 0. The number of carbonyl (C=O) groups is 1. The molecule has 0 unspecified atom stereocenters. The van der Waals surface area contributed by atoms with Gasteiger partial charge in [-0.3, -0.25) is 19.3 Å². The van der Waals surface area contributed by atoms with Crippen LogP contribution in [0.4, 0.5) is 11.4 Å². The molecular weight excluding hydrogens is 400 g/mol. The predicted molar refractivity (Wildman–Crippen MR) is 93.7 cm³/mol. The topological polar surface area (TPSA) is 89.5 Å². The minimum atomic E-state index is -0.552. The first kappa shape index (κ1) is 16.4. The number of nitro benzene ring substituents is 1. The van der Waals surface area contributed by atoms with E-state index in [1.807, 2.05) is 6.07 Å². The fraction of sp³-hybridized carbons (Fsp3) is 0.0667. The van der Waals surface area contributed by atoms with Crippen LogP contribution in [0.5, 0.6) is 0 Å². The minimum Gasteiger partial charge on any atom is -0.319 e. The first-order valence-corrected chi connectivity index (χ1v) is 7.93. The molecule has 1 N–H and O–H groups in total. The first-order chi connectivity index (χ1) is 11.4. The highest BCUT2D eigenvalue weighted by Crippen LogP contribution is 2.27. The second kappa shape index (κ2) is 6.21. The van der Waals surface area contributed by atoms with Crippen molar-refractivity contribution in [1.82, 2.24) is 9.38 Å². The van der Waals surface area contributed by atoms with Crippen molar-refractivity contribution in [3.8, 4) is 0 Å². The minimum absolute atomic E-state index is 0.0882. The number of nitrogens with one attached hydrogen (secondary N) is 1. The van der Waals surface area contributed by atoms with Crippen LogP contribution in [-0.4, -0.2) is 20.2 Å². The van der Waals surface area contributed by atoms with E-state index in [-0.39, 0.29) is 16.4 Å². The van der Waals surface area contributed by atoms with E-state index in [9.17, 15) is 14.9 Å². The van der Waals surface area contributed by atoms with Gasteiger partial charge in [0.05, 0.1) is 21.3 Å². The average molecular weight is 410 g/mol. The Morgan fingerprint density at radius 1 is 1.38 bits per heavy atom. The van der Waals surface area contributed by atoms with Crippen molar-refractivity contribution in [3.63, 3.8) is 0 Å². The summed E-state index contributed by atoms with van der Waals surface area (Å²) < 4.78 is 2.46. The number of aromatic nitrogens is 2. The molecule has 24 heavy (non-hydrogen) atoms. The molecule has 2 aromatic heterocycles. The van der Waals surface area contributed by atoms with Crippen molar-refractivity contribution >= 4 is 50.5 Å². The van der Waals surface area contributed by atoms with Gasteiger partial charge in [-0.2, -0.15) is 0 Å². The van der Waals surface area contributed by atoms with Crippen molar-refractivity contribution in [2.45, 2.75) is 6.92 Å². The Labute approximate surface area is 149 Å². The molecule has 0 atom stereocenters. The molecule has 0 radical (unpaired) electrons. The highest BCUT2D eigenvalue weighted by Gasteiger charge is 2.18. The lowest BCUT2D eigenvalue weighted by molar-refractivity contribution is -0.384. The molecule has 122 valence electrons. The molecule has 0 fully saturated rings. The maximum absolute atomic E-state index is 12.6. The largest absolute Gasteiger partial charge is 0.319 e. The number of carbonyl (C=O) groups excluding carboxylic acids is 1. The molecule has 2 heterocycles. The smallest absolute Gasteiger partial charge is 0.274 e. The number of fused-ring (bicyclic) bond motifs is 1. The number of hydrogen-bond acceptors (Lipinski definition) is 4. The lowest BCUT2D eigenvalue weighted by Gasteiger charge is -2.08. The number of amides is 1. The van der Waals surface area contributed by atoms with Crippen LogP contribution in [0.1, 0.15) is 16.2 Å². The van der Waals surface area contributed by atoms with Crippen molar-refractivity contribution < 1.29 is 9.72 Å². The van der Waals surface area contributed by atoms with Crippen LogP contribution >= 0.6 is 27.5 Å². The zero-order chi connectivity index (χ0) is 17.4. The van der Waals surface area contributed by atoms with Crippen LogP contribution in [-0.2, 0) is 0 Å². The van der Waals surface area contributed by atoms with Gasteiger partial charge in [-0.25, -0.2) is 4.98 Å². The molecule has 0 aliphatic rings. The normalized spacial score (nSPS) is 10.8. The molecule has 7 nitrogen and oxygen atoms in total. The Hall–Kier alpha value is -2.45.